The van der Waals surface area contributed by atoms with Crippen LogP contribution in [0.1, 0.15) is 296 Å². The number of nitrogens with zero attached hydrogens (tertiary/aromatic N) is 1. The number of ether oxygens (including phenoxy) is 4. The molecular weight excluding hydrogens is 1150 g/mol. The molecule has 0 fully saturated rings. The van der Waals surface area contributed by atoms with Gasteiger partial charge in [-0.2, -0.15) is 0 Å². The summed E-state index contributed by atoms with van der Waals surface area (Å²) >= 11 is 0. The lowest BCUT2D eigenvalue weighted by molar-refractivity contribution is -0.870. The van der Waals surface area contributed by atoms with Gasteiger partial charge in [-0.05, 0) is 128 Å². The van der Waals surface area contributed by atoms with E-state index < -0.39 is 24.3 Å². The first-order chi connectivity index (χ1) is 45.6. The highest BCUT2D eigenvalue weighted by Crippen LogP contribution is 2.16. The monoisotopic (exact) mass is 1290 g/mol. The maximum atomic E-state index is 13.0. The molecule has 0 bridgehead atoms. The highest BCUT2D eigenvalue weighted by molar-refractivity contribution is 5.70. The molecular formula is C84H139NO8. The van der Waals surface area contributed by atoms with Gasteiger partial charge in [-0.1, -0.05) is 313 Å². The molecule has 0 radical (unpaired) electrons. The van der Waals surface area contributed by atoms with E-state index in [1.54, 1.807) is 0 Å². The third kappa shape index (κ3) is 74.2. The van der Waals surface area contributed by atoms with Crippen molar-refractivity contribution in [2.45, 2.75) is 309 Å². The number of esters is 2. The van der Waals surface area contributed by atoms with E-state index in [4.69, 9.17) is 18.9 Å². The summed E-state index contributed by atoms with van der Waals surface area (Å²) in [5.41, 5.74) is 0. The van der Waals surface area contributed by atoms with Crippen molar-refractivity contribution >= 4 is 17.9 Å². The van der Waals surface area contributed by atoms with Gasteiger partial charge in [-0.3, -0.25) is 9.59 Å². The van der Waals surface area contributed by atoms with Crippen molar-refractivity contribution in [1.82, 2.24) is 0 Å². The number of quaternary nitrogens is 1. The molecule has 0 spiro atoms. The van der Waals surface area contributed by atoms with Crippen LogP contribution in [0, 0.1) is 0 Å². The lowest BCUT2D eigenvalue weighted by Crippen LogP contribution is -2.44. The Morgan fingerprint density at radius 1 is 0.333 bits per heavy atom. The van der Waals surface area contributed by atoms with E-state index in [1.165, 1.54) is 141 Å². The number of unbranched alkanes of at least 4 members (excludes halogenated alkanes) is 27. The van der Waals surface area contributed by atoms with Gasteiger partial charge in [0.05, 0.1) is 40.3 Å². The molecule has 9 heteroatoms. The topological polar surface area (TPSA) is 111 Å². The fourth-order valence-corrected chi connectivity index (χ4v) is 10.0. The average molecular weight is 1290 g/mol. The van der Waals surface area contributed by atoms with E-state index in [9.17, 15) is 19.5 Å². The number of aliphatic carboxylic acids is 1. The summed E-state index contributed by atoms with van der Waals surface area (Å²) in [4.78, 5) is 37.6. The Kier molecular flexibility index (Phi) is 68.8. The van der Waals surface area contributed by atoms with Gasteiger partial charge in [-0.15, -0.1) is 0 Å². The zero-order valence-electron chi connectivity index (χ0n) is 60.3. The zero-order valence-corrected chi connectivity index (χ0v) is 60.3. The molecule has 0 aromatic carbocycles. The third-order valence-corrected chi connectivity index (χ3v) is 15.8. The molecule has 0 rings (SSSR count). The Balaban J connectivity index is 4.14. The second-order valence-corrected chi connectivity index (χ2v) is 25.9. The molecule has 9 nitrogen and oxygen atoms in total. The molecule has 93 heavy (non-hydrogen) atoms. The number of carbonyl (C=O) groups is 3. The molecule has 528 valence electrons. The SMILES string of the molecule is CC/C=C\C/C=C\C/C=C\C/C=C\C/C=C\C/C=C\C/C=C\C/C=C\C/C=C\C/C=C\CCCCCCCCCCCCC(=O)OC(COC(=O)CCCCCCCCCCCCCC/C=C\C/C=C\C/C=C\CCCCCCC)COC(OCC[N+](C)(C)C)C(=O)[O-]. The average Bonchev–Trinajstić information content (AvgIpc) is 3.38. The largest absolute Gasteiger partial charge is 0.545 e. The number of carbonyl (C=O) groups excluding carboxylic acids is 3. The third-order valence-electron chi connectivity index (χ3n) is 15.8. The van der Waals surface area contributed by atoms with Crippen molar-refractivity contribution in [3.63, 3.8) is 0 Å². The molecule has 0 amide bonds. The van der Waals surface area contributed by atoms with Gasteiger partial charge in [0.2, 0.25) is 0 Å². The number of allylic oxidation sites excluding steroid dienone is 26. The molecule has 0 saturated carbocycles. The predicted octanol–water partition coefficient (Wildman–Crippen LogP) is 22.7. The van der Waals surface area contributed by atoms with Crippen molar-refractivity contribution in [3.8, 4) is 0 Å². The van der Waals surface area contributed by atoms with E-state index in [0.717, 1.165) is 122 Å². The van der Waals surface area contributed by atoms with E-state index >= 15 is 0 Å². The van der Waals surface area contributed by atoms with Crippen LogP contribution in [0.15, 0.2) is 158 Å². The Bertz CT molecular complexity index is 2090. The number of carboxylic acids is 1. The Hall–Kier alpha value is -5.09. The fourth-order valence-electron chi connectivity index (χ4n) is 10.0. The minimum atomic E-state index is -1.63. The van der Waals surface area contributed by atoms with E-state index in [1.807, 2.05) is 21.1 Å². The van der Waals surface area contributed by atoms with Gasteiger partial charge in [-0.25, -0.2) is 0 Å². The molecule has 2 unspecified atom stereocenters. The maximum absolute atomic E-state index is 13.0. The van der Waals surface area contributed by atoms with Gasteiger partial charge < -0.3 is 33.3 Å². The minimum Gasteiger partial charge on any atom is -0.545 e. The van der Waals surface area contributed by atoms with Crippen LogP contribution in [-0.2, 0) is 33.3 Å². The normalized spacial score (nSPS) is 13.6. The van der Waals surface area contributed by atoms with Crippen LogP contribution >= 0.6 is 0 Å². The first-order valence-corrected chi connectivity index (χ1v) is 37.6. The Morgan fingerprint density at radius 2 is 0.613 bits per heavy atom. The Morgan fingerprint density at radius 3 is 0.914 bits per heavy atom. The zero-order chi connectivity index (χ0) is 67.5. The van der Waals surface area contributed by atoms with Crippen LogP contribution in [0.2, 0.25) is 0 Å². The summed E-state index contributed by atoms with van der Waals surface area (Å²) < 4.78 is 22.8. The van der Waals surface area contributed by atoms with Crippen LogP contribution in [0.5, 0.6) is 0 Å². The van der Waals surface area contributed by atoms with Crippen LogP contribution in [0.25, 0.3) is 0 Å². The van der Waals surface area contributed by atoms with Gasteiger partial charge in [0.25, 0.3) is 0 Å². The summed E-state index contributed by atoms with van der Waals surface area (Å²) in [5.74, 6) is -2.30. The van der Waals surface area contributed by atoms with Crippen LogP contribution < -0.4 is 5.11 Å². The van der Waals surface area contributed by atoms with Crippen molar-refractivity contribution in [3.05, 3.63) is 158 Å². The van der Waals surface area contributed by atoms with E-state index in [-0.39, 0.29) is 38.6 Å². The number of rotatable bonds is 68. The molecule has 0 aliphatic carbocycles. The number of hydrogen-bond acceptors (Lipinski definition) is 8. The summed E-state index contributed by atoms with van der Waals surface area (Å²) in [6.45, 7) is 4.62. The van der Waals surface area contributed by atoms with Gasteiger partial charge >= 0.3 is 11.9 Å². The lowest BCUT2D eigenvalue weighted by atomic mass is 10.0. The van der Waals surface area contributed by atoms with Crippen LogP contribution in [0.3, 0.4) is 0 Å². The fraction of sp³-hybridized carbons (Fsp3) is 0.655. The second-order valence-electron chi connectivity index (χ2n) is 25.9. The van der Waals surface area contributed by atoms with E-state index in [2.05, 4.69) is 172 Å². The first kappa shape index (κ1) is 87.9. The van der Waals surface area contributed by atoms with Crippen molar-refractivity contribution in [1.29, 1.82) is 0 Å². The number of likely N-dealkylation sites (N-methyl/N-ethyl adjacent to an activating group) is 1. The highest BCUT2D eigenvalue weighted by Gasteiger charge is 2.22. The molecule has 0 aromatic heterocycles. The molecule has 0 saturated heterocycles. The first-order valence-electron chi connectivity index (χ1n) is 37.6. The summed E-state index contributed by atoms with van der Waals surface area (Å²) in [7, 11) is 5.92. The van der Waals surface area contributed by atoms with Crippen molar-refractivity contribution in [2.24, 2.45) is 0 Å². The lowest BCUT2D eigenvalue weighted by Gasteiger charge is -2.26. The number of carboxylic acid groups (broad SMARTS) is 1. The molecule has 0 aliphatic rings. The molecule has 0 aromatic rings. The standard InChI is InChI=1S/C84H139NO8/c1-6-8-10-12-14-16-18-20-22-24-26-28-30-32-34-35-36-37-38-39-40-41-42-43-44-45-46-47-49-51-53-55-57-59-61-63-65-67-69-71-73-75-82(87)93-80(79-92-84(83(88)89)90-77-76-85(3,4)5)78-91-81(86)74-72-70-68-66-64-62-60-58-56-54-52-50-48-33-31-29-27-25-23-21-19-17-15-13-11-9-7-2/h8,10,14,16,19-22,25-28,31-34,36-37,39-40,42-43,45-46,49,51,80,84H,6-7,9,11-13,15,17-18,23-24,29-30,35,38,41,44,47-48,50,52-79H2,1-5H3/b10-8-,16-14-,21-19-,22-20-,27-25-,28-26-,33-31-,34-32-,37-36-,40-39-,43-42-,46-45-,51-49-. The van der Waals surface area contributed by atoms with Gasteiger partial charge in [0, 0.05) is 12.8 Å². The molecule has 2 atom stereocenters. The summed E-state index contributed by atoms with van der Waals surface area (Å²) in [5, 5.41) is 11.8. The predicted molar refractivity (Wildman–Crippen MR) is 398 cm³/mol. The number of hydrogen-bond donors (Lipinski definition) is 0. The van der Waals surface area contributed by atoms with Crippen LogP contribution in [0.4, 0.5) is 0 Å². The van der Waals surface area contributed by atoms with Crippen molar-refractivity contribution < 1.29 is 42.9 Å². The minimum absolute atomic E-state index is 0.140. The summed E-state index contributed by atoms with van der Waals surface area (Å²) in [6, 6.07) is 0. The Labute approximate surface area is 572 Å². The molecule has 0 aliphatic heterocycles. The quantitative estimate of drug-likeness (QED) is 0.0195. The van der Waals surface area contributed by atoms with Crippen LogP contribution in [-0.4, -0.2) is 82.3 Å². The van der Waals surface area contributed by atoms with Gasteiger partial charge in [0.1, 0.15) is 13.2 Å². The maximum Gasteiger partial charge on any atom is 0.306 e. The second kappa shape index (κ2) is 72.7. The highest BCUT2D eigenvalue weighted by atomic mass is 16.7. The molecule has 0 N–H and O–H groups in total. The summed E-state index contributed by atoms with van der Waals surface area (Å²) in [6.07, 6.45) is 105. The van der Waals surface area contributed by atoms with E-state index in [0.29, 0.717) is 17.4 Å². The van der Waals surface area contributed by atoms with Gasteiger partial charge in [0.15, 0.2) is 12.4 Å². The van der Waals surface area contributed by atoms with Crippen molar-refractivity contribution in [2.75, 3.05) is 47.5 Å². The molecule has 0 heterocycles. The smallest absolute Gasteiger partial charge is 0.306 e.